The molecule has 4 heterocycles. The Balaban J connectivity index is 0.000000175. The van der Waals surface area contributed by atoms with Gasteiger partial charge in [-0.1, -0.05) is 72.8 Å². The number of hydrogen-bond acceptors (Lipinski definition) is 8. The summed E-state index contributed by atoms with van der Waals surface area (Å²) in [5.74, 6) is 0. The van der Waals surface area contributed by atoms with Crippen molar-refractivity contribution in [3.05, 3.63) is 218 Å². The third-order valence-electron chi connectivity index (χ3n) is 8.98. The number of non-ortho nitro benzene ring substituents is 1. The third-order valence-corrected chi connectivity index (χ3v) is 8.98. The first-order valence-electron chi connectivity index (χ1n) is 17.5. The number of nitro groups is 1. The van der Waals surface area contributed by atoms with Gasteiger partial charge in [0.25, 0.3) is 16.8 Å². The van der Waals surface area contributed by atoms with Gasteiger partial charge in [0.05, 0.1) is 45.3 Å². The smallest absolute Gasteiger partial charge is 0.271 e. The van der Waals surface area contributed by atoms with E-state index in [0.29, 0.717) is 50.3 Å². The van der Waals surface area contributed by atoms with Crippen LogP contribution < -0.4 is 11.1 Å². The highest BCUT2D eigenvalue weighted by atomic mass is 16.6. The summed E-state index contributed by atoms with van der Waals surface area (Å²) in [4.78, 5) is 46.1. The summed E-state index contributed by atoms with van der Waals surface area (Å²) in [7, 11) is 0. The van der Waals surface area contributed by atoms with E-state index < -0.39 is 10.5 Å². The maximum absolute atomic E-state index is 13.4. The molecular weight excluding hydrogens is 715 g/mol. The van der Waals surface area contributed by atoms with E-state index in [9.17, 15) is 30.2 Å². The molecule has 272 valence electrons. The van der Waals surface area contributed by atoms with Gasteiger partial charge in [-0.25, -0.2) is 0 Å². The number of nitro benzene ring substituents is 1. The van der Waals surface area contributed by atoms with E-state index in [2.05, 4.69) is 22.1 Å². The summed E-state index contributed by atoms with van der Waals surface area (Å²) in [6.07, 6.45) is 6.75. The van der Waals surface area contributed by atoms with Crippen LogP contribution in [0.1, 0.15) is 11.1 Å². The maximum Gasteiger partial charge on any atom is 0.271 e. The van der Waals surface area contributed by atoms with Crippen molar-refractivity contribution in [3.8, 4) is 68.3 Å². The number of benzene rings is 4. The number of aromatic nitrogens is 4. The van der Waals surface area contributed by atoms with Crippen molar-refractivity contribution in [2.75, 3.05) is 0 Å². The van der Waals surface area contributed by atoms with Crippen molar-refractivity contribution in [3.63, 3.8) is 0 Å². The van der Waals surface area contributed by atoms with Crippen LogP contribution in [0, 0.1) is 32.8 Å². The molecule has 8 rings (SSSR count). The summed E-state index contributed by atoms with van der Waals surface area (Å²) < 4.78 is 2.95. The van der Waals surface area contributed by atoms with E-state index in [4.69, 9.17) is 0 Å². The molecule has 4 aromatic carbocycles. The second-order valence-corrected chi connectivity index (χ2v) is 12.5. The quantitative estimate of drug-likeness (QED) is 0.116. The molecule has 57 heavy (non-hydrogen) atoms. The van der Waals surface area contributed by atoms with Gasteiger partial charge in [-0.2, -0.15) is 10.5 Å². The molecule has 0 saturated heterocycles. The lowest BCUT2D eigenvalue weighted by Crippen LogP contribution is -2.20. The molecule has 8 aromatic rings. The van der Waals surface area contributed by atoms with Crippen LogP contribution in [0.2, 0.25) is 0 Å². The molecule has 0 fully saturated rings. The Morgan fingerprint density at radius 3 is 1.44 bits per heavy atom. The van der Waals surface area contributed by atoms with Crippen LogP contribution in [0.15, 0.2) is 186 Å². The van der Waals surface area contributed by atoms with Gasteiger partial charge in [-0.3, -0.25) is 38.8 Å². The Kier molecular flexibility index (Phi) is 10.7. The molecule has 0 spiro atoms. The van der Waals surface area contributed by atoms with Gasteiger partial charge >= 0.3 is 0 Å². The van der Waals surface area contributed by atoms with Crippen LogP contribution in [0.3, 0.4) is 0 Å². The number of pyridine rings is 4. The number of nitrogens with zero attached hydrogens (tertiary/aromatic N) is 7. The van der Waals surface area contributed by atoms with E-state index in [-0.39, 0.29) is 11.2 Å². The second-order valence-electron chi connectivity index (χ2n) is 12.5. The van der Waals surface area contributed by atoms with Gasteiger partial charge < -0.3 is 0 Å². The van der Waals surface area contributed by atoms with Gasteiger partial charge in [-0.15, -0.1) is 0 Å². The predicted octanol–water partition coefficient (Wildman–Crippen LogP) is 8.78. The minimum atomic E-state index is -0.511. The molecule has 0 aliphatic heterocycles. The van der Waals surface area contributed by atoms with Gasteiger partial charge in [0.2, 0.25) is 0 Å². The zero-order valence-corrected chi connectivity index (χ0v) is 30.0. The highest BCUT2D eigenvalue weighted by molar-refractivity contribution is 5.76. The Morgan fingerprint density at radius 2 is 0.965 bits per heavy atom. The standard InChI is InChI=1S/C23H14N4O3.C23H15N3O/c24-14-16-6-1-2-9-20(16)21-12-17(22-10-3-4-11-25-22)15-26(23(21)28)18-7-5-8-19(13-18)27(29)30;24-15-17-8-4-5-11-20(17)21-14-18(22-12-6-7-13-25-22)16-26(23(21)27)19-9-2-1-3-10-19/h1-13,15H;1-14,16H. The molecule has 11 nitrogen and oxygen atoms in total. The Bertz CT molecular complexity index is 2950. The maximum atomic E-state index is 13.4. The van der Waals surface area contributed by atoms with Gasteiger partial charge in [0.1, 0.15) is 0 Å². The SMILES string of the molecule is N#Cc1ccccc1-c1cc(-c2ccccn2)cn(-c2cccc([N+](=O)[O-])c2)c1=O.N#Cc1ccccc1-c1cc(-c2ccccn2)cn(-c2ccccc2)c1=O. The molecule has 11 heteroatoms. The molecule has 0 bridgehead atoms. The number of para-hydroxylation sites is 1. The average Bonchev–Trinajstić information content (AvgIpc) is 3.27. The van der Waals surface area contributed by atoms with Crippen molar-refractivity contribution in [2.45, 2.75) is 0 Å². The largest absolute Gasteiger partial charge is 0.283 e. The van der Waals surface area contributed by atoms with Crippen molar-refractivity contribution < 1.29 is 4.92 Å². The van der Waals surface area contributed by atoms with E-state index in [0.717, 1.165) is 16.9 Å². The second kappa shape index (κ2) is 16.6. The summed E-state index contributed by atoms with van der Waals surface area (Å²) >= 11 is 0. The minimum absolute atomic E-state index is 0.124. The van der Waals surface area contributed by atoms with Gasteiger partial charge in [0.15, 0.2) is 0 Å². The summed E-state index contributed by atoms with van der Waals surface area (Å²) in [5, 5.41) is 30.2. The number of nitriles is 2. The molecule has 0 atom stereocenters. The molecule has 4 aromatic heterocycles. The first-order chi connectivity index (χ1) is 27.9. The molecule has 0 aliphatic rings. The third kappa shape index (κ3) is 7.89. The monoisotopic (exact) mass is 743 g/mol. The zero-order valence-electron chi connectivity index (χ0n) is 30.0. The van der Waals surface area contributed by atoms with Crippen LogP contribution in [0.5, 0.6) is 0 Å². The molecule has 0 N–H and O–H groups in total. The Morgan fingerprint density at radius 1 is 0.509 bits per heavy atom. The zero-order chi connectivity index (χ0) is 39.7. The lowest BCUT2D eigenvalue weighted by molar-refractivity contribution is -0.384. The van der Waals surface area contributed by atoms with Gasteiger partial charge in [-0.05, 0) is 66.7 Å². The fraction of sp³-hybridized carbons (Fsp3) is 0. The molecule has 0 unspecified atom stereocenters. The van der Waals surface area contributed by atoms with Crippen LogP contribution >= 0.6 is 0 Å². The average molecular weight is 744 g/mol. The summed E-state index contributed by atoms with van der Waals surface area (Å²) in [6.45, 7) is 0. The highest BCUT2D eigenvalue weighted by Gasteiger charge is 2.17. The summed E-state index contributed by atoms with van der Waals surface area (Å²) in [6, 6.07) is 48.1. The molecule has 0 amide bonds. The summed E-state index contributed by atoms with van der Waals surface area (Å²) in [5.41, 5.74) is 5.97. The lowest BCUT2D eigenvalue weighted by Gasteiger charge is -2.13. The Hall–Kier alpha value is -8.54. The van der Waals surface area contributed by atoms with Gasteiger partial charge in [0, 0.05) is 76.0 Å². The molecule has 0 aliphatic carbocycles. The van der Waals surface area contributed by atoms with E-state index in [1.165, 1.54) is 22.8 Å². The first kappa shape index (κ1) is 36.8. The minimum Gasteiger partial charge on any atom is -0.283 e. The van der Waals surface area contributed by atoms with Crippen LogP contribution in [0.4, 0.5) is 5.69 Å². The van der Waals surface area contributed by atoms with Crippen molar-refractivity contribution in [2.24, 2.45) is 0 Å². The predicted molar refractivity (Wildman–Crippen MR) is 217 cm³/mol. The van der Waals surface area contributed by atoms with E-state index in [1.807, 2.05) is 60.7 Å². The van der Waals surface area contributed by atoms with Crippen LogP contribution in [-0.4, -0.2) is 24.0 Å². The van der Waals surface area contributed by atoms with Crippen molar-refractivity contribution in [1.82, 2.24) is 19.1 Å². The topological polar surface area (TPSA) is 160 Å². The van der Waals surface area contributed by atoms with Crippen LogP contribution in [0.25, 0.3) is 56.1 Å². The normalized spacial score (nSPS) is 10.4. The lowest BCUT2D eigenvalue weighted by atomic mass is 9.99. The molecular formula is C46H29N7O4. The highest BCUT2D eigenvalue weighted by Crippen LogP contribution is 2.28. The van der Waals surface area contributed by atoms with E-state index >= 15 is 0 Å². The van der Waals surface area contributed by atoms with Crippen LogP contribution in [-0.2, 0) is 0 Å². The molecule has 0 radical (unpaired) electrons. The molecule has 0 saturated carbocycles. The van der Waals surface area contributed by atoms with Crippen molar-refractivity contribution >= 4 is 5.69 Å². The fourth-order valence-corrected chi connectivity index (χ4v) is 6.26. The number of hydrogen-bond donors (Lipinski definition) is 0. The van der Waals surface area contributed by atoms with E-state index in [1.54, 1.807) is 102 Å². The van der Waals surface area contributed by atoms with Crippen molar-refractivity contribution in [1.29, 1.82) is 10.5 Å². The first-order valence-corrected chi connectivity index (χ1v) is 17.5. The Labute approximate surface area is 326 Å². The fourth-order valence-electron chi connectivity index (χ4n) is 6.26. The number of rotatable bonds is 7.